The van der Waals surface area contributed by atoms with Crippen molar-refractivity contribution in [2.75, 3.05) is 23.9 Å². The molecular formula is C10H16N2O4S2. The molecule has 0 amide bonds. The molecule has 0 aliphatic carbocycles. The first-order valence-corrected chi connectivity index (χ1v) is 8.84. The minimum Gasteiger partial charge on any atom is -0.384 e. The van der Waals surface area contributed by atoms with E-state index in [1.807, 2.05) is 0 Å². The van der Waals surface area contributed by atoms with Gasteiger partial charge in [-0.05, 0) is 18.6 Å². The highest BCUT2D eigenvalue weighted by Gasteiger charge is 2.12. The van der Waals surface area contributed by atoms with E-state index >= 15 is 0 Å². The molecule has 0 aromatic heterocycles. The number of primary sulfonamides is 1. The second-order valence-corrected chi connectivity index (χ2v) is 7.74. The molecule has 0 heterocycles. The molecule has 0 fully saturated rings. The van der Waals surface area contributed by atoms with E-state index in [4.69, 9.17) is 5.14 Å². The quantitative estimate of drug-likeness (QED) is 0.727. The zero-order valence-electron chi connectivity index (χ0n) is 9.96. The first-order valence-electron chi connectivity index (χ1n) is 5.23. The van der Waals surface area contributed by atoms with Gasteiger partial charge in [0.25, 0.3) is 0 Å². The van der Waals surface area contributed by atoms with Crippen LogP contribution in [0.25, 0.3) is 0 Å². The molecule has 0 saturated carbocycles. The molecule has 0 bridgehead atoms. The maximum Gasteiger partial charge on any atom is 0.240 e. The predicted molar refractivity (Wildman–Crippen MR) is 70.6 cm³/mol. The maximum atomic E-state index is 11.3. The third kappa shape index (κ3) is 5.03. The molecule has 1 aromatic carbocycles. The summed E-state index contributed by atoms with van der Waals surface area (Å²) in [4.78, 5) is 0.00403. The fourth-order valence-corrected chi connectivity index (χ4v) is 2.80. The van der Waals surface area contributed by atoms with Crippen LogP contribution < -0.4 is 10.5 Å². The van der Waals surface area contributed by atoms with Crippen LogP contribution in [0.5, 0.6) is 0 Å². The average Bonchev–Trinajstić information content (AvgIpc) is 2.22. The van der Waals surface area contributed by atoms with Crippen molar-refractivity contribution in [1.29, 1.82) is 0 Å². The van der Waals surface area contributed by atoms with Crippen molar-refractivity contribution in [3.05, 3.63) is 24.3 Å². The Labute approximate surface area is 107 Å². The van der Waals surface area contributed by atoms with Crippen LogP contribution in [0.4, 0.5) is 5.69 Å². The Hall–Kier alpha value is -1.12. The van der Waals surface area contributed by atoms with E-state index in [2.05, 4.69) is 5.32 Å². The van der Waals surface area contributed by atoms with E-state index in [9.17, 15) is 16.8 Å². The van der Waals surface area contributed by atoms with Crippen LogP contribution >= 0.6 is 0 Å². The molecule has 0 atom stereocenters. The third-order valence-corrected chi connectivity index (χ3v) is 4.20. The second-order valence-electron chi connectivity index (χ2n) is 3.95. The molecule has 0 aliphatic heterocycles. The molecule has 8 heteroatoms. The van der Waals surface area contributed by atoms with Gasteiger partial charge in [-0.25, -0.2) is 22.0 Å². The number of benzene rings is 1. The molecule has 6 nitrogen and oxygen atoms in total. The van der Waals surface area contributed by atoms with Gasteiger partial charge in [0.1, 0.15) is 14.7 Å². The number of nitrogens with one attached hydrogen (secondary N) is 1. The van der Waals surface area contributed by atoms with Gasteiger partial charge in [-0.2, -0.15) is 0 Å². The Kier molecular flexibility index (Phi) is 4.71. The van der Waals surface area contributed by atoms with Crippen LogP contribution in [0.1, 0.15) is 6.42 Å². The lowest BCUT2D eigenvalue weighted by molar-refractivity contribution is 0.596. The van der Waals surface area contributed by atoms with E-state index in [0.717, 1.165) is 6.26 Å². The summed E-state index contributed by atoms with van der Waals surface area (Å²) < 4.78 is 44.4. The predicted octanol–water partition coefficient (Wildman–Crippen LogP) is 0.181. The number of para-hydroxylation sites is 1. The summed E-state index contributed by atoms with van der Waals surface area (Å²) in [6, 6.07) is 6.23. The summed E-state index contributed by atoms with van der Waals surface area (Å²) in [7, 11) is -6.78. The van der Waals surface area contributed by atoms with Crippen molar-refractivity contribution in [3.63, 3.8) is 0 Å². The SMILES string of the molecule is CS(=O)(=O)CCCNc1ccccc1S(N)(=O)=O. The van der Waals surface area contributed by atoms with E-state index < -0.39 is 19.9 Å². The minimum atomic E-state index is -3.78. The normalized spacial score (nSPS) is 12.3. The van der Waals surface area contributed by atoms with E-state index in [1.165, 1.54) is 6.07 Å². The van der Waals surface area contributed by atoms with Gasteiger partial charge in [0, 0.05) is 12.8 Å². The summed E-state index contributed by atoms with van der Waals surface area (Å²) in [6.07, 6.45) is 1.56. The van der Waals surface area contributed by atoms with Crippen LogP contribution in [-0.4, -0.2) is 35.4 Å². The first-order chi connectivity index (χ1) is 8.20. The standard InChI is InChI=1S/C10H16N2O4S2/c1-17(13,14)8-4-7-12-9-5-2-3-6-10(9)18(11,15)16/h2-3,5-6,12H,4,7-8H2,1H3,(H2,11,15,16). The average molecular weight is 292 g/mol. The zero-order chi connectivity index (χ0) is 13.8. The molecule has 102 valence electrons. The van der Waals surface area contributed by atoms with Gasteiger partial charge in [-0.3, -0.25) is 0 Å². The van der Waals surface area contributed by atoms with Crippen molar-refractivity contribution in [3.8, 4) is 0 Å². The number of sulfonamides is 1. The molecule has 1 rings (SSSR count). The summed E-state index contributed by atoms with van der Waals surface area (Å²) in [5.74, 6) is 0.0531. The lowest BCUT2D eigenvalue weighted by Gasteiger charge is -2.09. The van der Waals surface area contributed by atoms with Crippen molar-refractivity contribution in [1.82, 2.24) is 0 Å². The van der Waals surface area contributed by atoms with Crippen LogP contribution in [-0.2, 0) is 19.9 Å². The van der Waals surface area contributed by atoms with Gasteiger partial charge in [-0.15, -0.1) is 0 Å². The molecule has 0 saturated heterocycles. The van der Waals surface area contributed by atoms with Gasteiger partial charge in [0.05, 0.1) is 11.4 Å². The Bertz CT molecular complexity index is 609. The highest BCUT2D eigenvalue weighted by molar-refractivity contribution is 7.90. The fraction of sp³-hybridized carbons (Fsp3) is 0.400. The van der Waals surface area contributed by atoms with Crippen molar-refractivity contribution >= 4 is 25.5 Å². The van der Waals surface area contributed by atoms with Crippen molar-refractivity contribution in [2.45, 2.75) is 11.3 Å². The molecule has 1 aromatic rings. The van der Waals surface area contributed by atoms with Gasteiger partial charge >= 0.3 is 0 Å². The van der Waals surface area contributed by atoms with Crippen LogP contribution in [0, 0.1) is 0 Å². The summed E-state index contributed by atoms with van der Waals surface area (Å²) in [5.41, 5.74) is 0.383. The van der Waals surface area contributed by atoms with Gasteiger partial charge in [-0.1, -0.05) is 12.1 Å². The maximum absolute atomic E-state index is 11.3. The number of nitrogens with two attached hydrogens (primary N) is 1. The monoisotopic (exact) mass is 292 g/mol. The molecule has 0 unspecified atom stereocenters. The van der Waals surface area contributed by atoms with Gasteiger partial charge < -0.3 is 5.32 Å². The van der Waals surface area contributed by atoms with E-state index in [-0.39, 0.29) is 10.6 Å². The third-order valence-electron chi connectivity index (χ3n) is 2.20. The zero-order valence-corrected chi connectivity index (χ0v) is 11.6. The van der Waals surface area contributed by atoms with Crippen LogP contribution in [0.3, 0.4) is 0 Å². The first kappa shape index (κ1) is 14.9. The minimum absolute atomic E-state index is 0.00403. The van der Waals surface area contributed by atoms with Crippen molar-refractivity contribution < 1.29 is 16.8 Å². The number of anilines is 1. The molecule has 18 heavy (non-hydrogen) atoms. The highest BCUT2D eigenvalue weighted by atomic mass is 32.2. The Morgan fingerprint density at radius 1 is 1.17 bits per heavy atom. The Balaban J connectivity index is 2.69. The molecule has 3 N–H and O–H groups in total. The van der Waals surface area contributed by atoms with Crippen LogP contribution in [0.15, 0.2) is 29.2 Å². The van der Waals surface area contributed by atoms with E-state index in [0.29, 0.717) is 18.7 Å². The number of hydrogen-bond donors (Lipinski definition) is 2. The van der Waals surface area contributed by atoms with E-state index in [1.54, 1.807) is 18.2 Å². The lowest BCUT2D eigenvalue weighted by atomic mass is 10.3. The molecule has 0 spiro atoms. The topological polar surface area (TPSA) is 106 Å². The summed E-state index contributed by atoms with van der Waals surface area (Å²) in [6.45, 7) is 0.361. The molecule has 0 aliphatic rings. The highest BCUT2D eigenvalue weighted by Crippen LogP contribution is 2.18. The smallest absolute Gasteiger partial charge is 0.240 e. The molecular weight excluding hydrogens is 276 g/mol. The van der Waals surface area contributed by atoms with Gasteiger partial charge in [0.2, 0.25) is 10.0 Å². The largest absolute Gasteiger partial charge is 0.384 e. The Morgan fingerprint density at radius 2 is 1.78 bits per heavy atom. The number of rotatable bonds is 6. The summed E-state index contributed by atoms with van der Waals surface area (Å²) >= 11 is 0. The van der Waals surface area contributed by atoms with Crippen molar-refractivity contribution in [2.24, 2.45) is 5.14 Å². The van der Waals surface area contributed by atoms with Crippen LogP contribution in [0.2, 0.25) is 0 Å². The second kappa shape index (κ2) is 5.68. The fourth-order valence-electron chi connectivity index (χ4n) is 1.42. The Morgan fingerprint density at radius 3 is 2.33 bits per heavy atom. The number of sulfone groups is 1. The van der Waals surface area contributed by atoms with Gasteiger partial charge in [0.15, 0.2) is 0 Å². The summed E-state index contributed by atoms with van der Waals surface area (Å²) in [5, 5.41) is 7.94. The molecule has 0 radical (unpaired) electrons. The lowest BCUT2D eigenvalue weighted by Crippen LogP contribution is -2.16. The number of hydrogen-bond acceptors (Lipinski definition) is 5.